The zero-order chi connectivity index (χ0) is 24.0. The monoisotopic (exact) mass is 471 g/mol. The van der Waals surface area contributed by atoms with Gasteiger partial charge in [0.25, 0.3) is 15.9 Å². The second kappa shape index (κ2) is 10.1. The Balaban J connectivity index is 1.82. The zero-order valence-electron chi connectivity index (χ0n) is 17.9. The van der Waals surface area contributed by atoms with E-state index in [0.717, 1.165) is 24.3 Å². The number of carbonyl (C=O) groups is 2. The van der Waals surface area contributed by atoms with Crippen LogP contribution in [0.4, 0.5) is 21.5 Å². The standard InChI is InChI=1S/C23H22FN3O5S/c1-3-22(28)25-17-6-4-5-15(13-17)23(29)26-18-9-12-21(32-2)20(14-18)27-33(30,31)19-10-7-16(24)8-11-19/h4-14,27H,3H2,1-2H3,(H,25,28)(H,26,29). The lowest BCUT2D eigenvalue weighted by Crippen LogP contribution is -2.15. The molecule has 3 aromatic rings. The van der Waals surface area contributed by atoms with Gasteiger partial charge in [-0.2, -0.15) is 0 Å². The van der Waals surface area contributed by atoms with Gasteiger partial charge in [-0.3, -0.25) is 14.3 Å². The van der Waals surface area contributed by atoms with E-state index in [-0.39, 0.29) is 22.2 Å². The van der Waals surface area contributed by atoms with E-state index >= 15 is 0 Å². The van der Waals surface area contributed by atoms with E-state index in [2.05, 4.69) is 15.4 Å². The number of anilines is 3. The highest BCUT2D eigenvalue weighted by molar-refractivity contribution is 7.92. The predicted molar refractivity (Wildman–Crippen MR) is 124 cm³/mol. The van der Waals surface area contributed by atoms with Crippen molar-refractivity contribution >= 4 is 38.9 Å². The second-order valence-electron chi connectivity index (χ2n) is 6.91. The fraction of sp³-hybridized carbons (Fsp3) is 0.130. The van der Waals surface area contributed by atoms with Crippen LogP contribution >= 0.6 is 0 Å². The summed E-state index contributed by atoms with van der Waals surface area (Å²) in [6, 6.07) is 15.2. The van der Waals surface area contributed by atoms with Gasteiger partial charge in [0.2, 0.25) is 5.91 Å². The first-order chi connectivity index (χ1) is 15.7. The normalized spacial score (nSPS) is 10.9. The Morgan fingerprint density at radius 2 is 1.64 bits per heavy atom. The quantitative estimate of drug-likeness (QED) is 0.455. The molecule has 3 rings (SSSR count). The van der Waals surface area contributed by atoms with E-state index in [4.69, 9.17) is 4.74 Å². The molecule has 0 saturated carbocycles. The van der Waals surface area contributed by atoms with Crippen LogP contribution in [0.15, 0.2) is 71.6 Å². The molecule has 0 aliphatic rings. The molecule has 0 aliphatic heterocycles. The zero-order valence-corrected chi connectivity index (χ0v) is 18.7. The first kappa shape index (κ1) is 23.7. The molecule has 2 amide bonds. The highest BCUT2D eigenvalue weighted by Gasteiger charge is 2.18. The van der Waals surface area contributed by atoms with Crippen LogP contribution in [0.25, 0.3) is 0 Å². The van der Waals surface area contributed by atoms with Crippen LogP contribution in [-0.4, -0.2) is 27.3 Å². The number of methoxy groups -OCH3 is 1. The first-order valence-electron chi connectivity index (χ1n) is 9.89. The van der Waals surface area contributed by atoms with Crippen molar-refractivity contribution in [2.75, 3.05) is 22.5 Å². The van der Waals surface area contributed by atoms with E-state index in [1.807, 2.05) is 0 Å². The SMILES string of the molecule is CCC(=O)Nc1cccc(C(=O)Nc2ccc(OC)c(NS(=O)(=O)c3ccc(F)cc3)c2)c1. The summed E-state index contributed by atoms with van der Waals surface area (Å²) in [7, 11) is -2.66. The van der Waals surface area contributed by atoms with Gasteiger partial charge in [0.05, 0.1) is 17.7 Å². The largest absolute Gasteiger partial charge is 0.495 e. The lowest BCUT2D eigenvalue weighted by molar-refractivity contribution is -0.115. The average Bonchev–Trinajstić information content (AvgIpc) is 2.79. The number of rotatable bonds is 8. The highest BCUT2D eigenvalue weighted by atomic mass is 32.2. The number of benzene rings is 3. The number of amides is 2. The molecule has 0 spiro atoms. The topological polar surface area (TPSA) is 114 Å². The van der Waals surface area contributed by atoms with Gasteiger partial charge in [0, 0.05) is 23.4 Å². The molecule has 0 aromatic heterocycles. The van der Waals surface area contributed by atoms with Crippen molar-refractivity contribution in [3.05, 3.63) is 78.1 Å². The van der Waals surface area contributed by atoms with Gasteiger partial charge in [-0.1, -0.05) is 13.0 Å². The summed E-state index contributed by atoms with van der Waals surface area (Å²) < 4.78 is 46.1. The number of nitrogens with one attached hydrogen (secondary N) is 3. The fourth-order valence-electron chi connectivity index (χ4n) is 2.87. The van der Waals surface area contributed by atoms with E-state index in [0.29, 0.717) is 23.4 Å². The molecule has 3 aromatic carbocycles. The molecular weight excluding hydrogens is 449 g/mol. The van der Waals surface area contributed by atoms with Gasteiger partial charge < -0.3 is 15.4 Å². The second-order valence-corrected chi connectivity index (χ2v) is 8.59. The Bertz CT molecular complexity index is 1280. The molecule has 172 valence electrons. The maximum atomic E-state index is 13.1. The van der Waals surface area contributed by atoms with E-state index < -0.39 is 21.7 Å². The number of hydrogen-bond donors (Lipinski definition) is 3. The molecule has 0 atom stereocenters. The van der Waals surface area contributed by atoms with Crippen molar-refractivity contribution in [3.8, 4) is 5.75 Å². The summed E-state index contributed by atoms with van der Waals surface area (Å²) in [6.07, 6.45) is 0.304. The molecule has 0 aliphatic carbocycles. The third kappa shape index (κ3) is 6.07. The molecule has 10 heteroatoms. The van der Waals surface area contributed by atoms with Gasteiger partial charge >= 0.3 is 0 Å². The summed E-state index contributed by atoms with van der Waals surface area (Å²) in [5, 5.41) is 5.37. The molecule has 0 bridgehead atoms. The first-order valence-corrected chi connectivity index (χ1v) is 11.4. The van der Waals surface area contributed by atoms with Crippen LogP contribution in [0.5, 0.6) is 5.75 Å². The van der Waals surface area contributed by atoms with Crippen molar-refractivity contribution in [3.63, 3.8) is 0 Å². The van der Waals surface area contributed by atoms with Crippen molar-refractivity contribution in [2.45, 2.75) is 18.2 Å². The minimum atomic E-state index is -4.03. The Morgan fingerprint density at radius 3 is 2.30 bits per heavy atom. The number of halogens is 1. The number of ether oxygens (including phenoxy) is 1. The van der Waals surface area contributed by atoms with Gasteiger partial charge in [-0.05, 0) is 60.7 Å². The van der Waals surface area contributed by atoms with Gasteiger partial charge in [0.15, 0.2) is 0 Å². The van der Waals surface area contributed by atoms with Crippen LogP contribution in [0.1, 0.15) is 23.7 Å². The maximum absolute atomic E-state index is 13.1. The van der Waals surface area contributed by atoms with E-state index in [1.165, 1.54) is 25.3 Å². The summed E-state index contributed by atoms with van der Waals surface area (Å²) >= 11 is 0. The molecule has 0 heterocycles. The molecule has 0 fully saturated rings. The van der Waals surface area contributed by atoms with Gasteiger partial charge in [-0.25, -0.2) is 12.8 Å². The minimum absolute atomic E-state index is 0.0867. The maximum Gasteiger partial charge on any atom is 0.262 e. The smallest absolute Gasteiger partial charge is 0.262 e. The van der Waals surface area contributed by atoms with Crippen molar-refractivity contribution in [1.82, 2.24) is 0 Å². The van der Waals surface area contributed by atoms with Crippen molar-refractivity contribution in [2.24, 2.45) is 0 Å². The van der Waals surface area contributed by atoms with Crippen LogP contribution in [-0.2, 0) is 14.8 Å². The number of carbonyl (C=O) groups excluding carboxylic acids is 2. The van der Waals surface area contributed by atoms with E-state index in [9.17, 15) is 22.4 Å². The third-order valence-corrected chi connectivity index (χ3v) is 5.94. The summed E-state index contributed by atoms with van der Waals surface area (Å²) in [6.45, 7) is 1.72. The Kier molecular flexibility index (Phi) is 7.29. The van der Waals surface area contributed by atoms with Crippen LogP contribution in [0.2, 0.25) is 0 Å². The van der Waals surface area contributed by atoms with Crippen LogP contribution in [0, 0.1) is 5.82 Å². The predicted octanol–water partition coefficient (Wildman–Crippen LogP) is 4.24. The van der Waals surface area contributed by atoms with Crippen molar-refractivity contribution < 1.29 is 27.1 Å². The Morgan fingerprint density at radius 1 is 0.939 bits per heavy atom. The fourth-order valence-corrected chi connectivity index (χ4v) is 3.94. The number of sulfonamides is 1. The van der Waals surface area contributed by atoms with E-state index in [1.54, 1.807) is 31.2 Å². The molecule has 0 radical (unpaired) electrons. The van der Waals surface area contributed by atoms with Crippen molar-refractivity contribution in [1.29, 1.82) is 0 Å². The minimum Gasteiger partial charge on any atom is -0.495 e. The number of hydrogen-bond acceptors (Lipinski definition) is 5. The lowest BCUT2D eigenvalue weighted by atomic mass is 10.1. The van der Waals surface area contributed by atoms with Gasteiger partial charge in [0.1, 0.15) is 11.6 Å². The lowest BCUT2D eigenvalue weighted by Gasteiger charge is -2.14. The highest BCUT2D eigenvalue weighted by Crippen LogP contribution is 2.30. The average molecular weight is 472 g/mol. The third-order valence-electron chi connectivity index (χ3n) is 4.56. The molecule has 3 N–H and O–H groups in total. The molecule has 0 saturated heterocycles. The summed E-state index contributed by atoms with van der Waals surface area (Å²) in [5.41, 5.74) is 1.18. The van der Waals surface area contributed by atoms with Gasteiger partial charge in [-0.15, -0.1) is 0 Å². The molecule has 0 unspecified atom stereocenters. The Hall–Kier alpha value is -3.92. The van der Waals surface area contributed by atoms with Crippen LogP contribution < -0.4 is 20.1 Å². The Labute approximate surface area is 190 Å². The summed E-state index contributed by atoms with van der Waals surface area (Å²) in [4.78, 5) is 24.2. The molecule has 33 heavy (non-hydrogen) atoms. The molecule has 8 nitrogen and oxygen atoms in total. The van der Waals surface area contributed by atoms with Crippen LogP contribution in [0.3, 0.4) is 0 Å². The summed E-state index contributed by atoms with van der Waals surface area (Å²) in [5.74, 6) is -0.974. The molecular formula is C23H22FN3O5S.